The number of fused-ring (bicyclic) bond motifs is 4. The topological polar surface area (TPSA) is 52.6 Å². The Morgan fingerprint density at radius 2 is 0.780 bits per heavy atom. The number of benzene rings is 2. The number of halogens is 2. The molecule has 2 aliphatic rings. The molecule has 0 bridgehead atoms. The summed E-state index contributed by atoms with van der Waals surface area (Å²) in [6.07, 6.45) is 0. The number of carbonyl (C=O) groups excluding carboxylic acids is 2. The zero-order valence-corrected chi connectivity index (χ0v) is 29.9. The normalized spacial score (nSPS) is 18.2. The lowest BCUT2D eigenvalue weighted by atomic mass is 9.46. The molecule has 0 radical (unpaired) electrons. The van der Waals surface area contributed by atoms with Crippen LogP contribution in [-0.4, -0.2) is 10.9 Å². The van der Waals surface area contributed by atoms with Gasteiger partial charge in [-0.3, -0.25) is 0 Å². The molecule has 232 valence electrons. The van der Waals surface area contributed by atoms with Gasteiger partial charge in [-0.2, -0.15) is 0 Å². The average Bonchev–Trinajstić information content (AvgIpc) is 3.15. The lowest BCUT2D eigenvalue weighted by Gasteiger charge is -2.56. The summed E-state index contributed by atoms with van der Waals surface area (Å²) in [4.78, 5) is 23.1. The van der Waals surface area contributed by atoms with E-state index in [1.54, 1.807) is 12.1 Å². The van der Waals surface area contributed by atoms with Crippen LogP contribution in [0.4, 0.5) is 9.59 Å². The first-order valence-electron chi connectivity index (χ1n) is 15.1. The molecular formula is C35H54Cl2O4. The van der Waals surface area contributed by atoms with Crippen LogP contribution in [0.1, 0.15) is 133 Å². The maximum absolute atomic E-state index is 11.5. The molecule has 6 heteroatoms. The summed E-state index contributed by atoms with van der Waals surface area (Å²) in [5.41, 5.74) is 1.34. The second-order valence-corrected chi connectivity index (χ2v) is 12.0. The van der Waals surface area contributed by atoms with Gasteiger partial charge in [-0.05, 0) is 68.2 Å². The molecule has 4 rings (SSSR count). The zero-order chi connectivity index (χ0) is 32.8. The molecule has 0 unspecified atom stereocenters. The van der Waals surface area contributed by atoms with Crippen LogP contribution < -0.4 is 9.47 Å². The fraction of sp³-hybridized carbons (Fsp3) is 0.600. The van der Waals surface area contributed by atoms with Crippen molar-refractivity contribution in [1.29, 1.82) is 0 Å². The van der Waals surface area contributed by atoms with E-state index < -0.39 is 16.3 Å². The van der Waals surface area contributed by atoms with Crippen LogP contribution in [0.25, 0.3) is 0 Å². The third-order valence-electron chi connectivity index (χ3n) is 9.53. The first kappa shape index (κ1) is 39.0. The van der Waals surface area contributed by atoms with Crippen molar-refractivity contribution in [3.05, 3.63) is 58.7 Å². The zero-order valence-electron chi connectivity index (χ0n) is 28.4. The fourth-order valence-corrected chi connectivity index (χ4v) is 7.13. The highest BCUT2D eigenvalue weighted by Gasteiger charge is 2.74. The van der Waals surface area contributed by atoms with Gasteiger partial charge in [0.1, 0.15) is 11.5 Å². The van der Waals surface area contributed by atoms with Gasteiger partial charge in [0.15, 0.2) is 0 Å². The molecule has 0 heterocycles. The molecule has 2 aromatic carbocycles. The number of hydrogen-bond acceptors (Lipinski definition) is 4. The van der Waals surface area contributed by atoms with Crippen LogP contribution >= 0.6 is 23.2 Å². The molecule has 4 nitrogen and oxygen atoms in total. The van der Waals surface area contributed by atoms with Crippen molar-refractivity contribution in [2.24, 2.45) is 10.8 Å². The first-order chi connectivity index (χ1) is 19.0. The third-order valence-corrected chi connectivity index (χ3v) is 9.69. The van der Waals surface area contributed by atoms with Crippen molar-refractivity contribution in [1.82, 2.24) is 0 Å². The second-order valence-electron chi connectivity index (χ2n) is 11.3. The molecule has 2 aromatic rings. The molecule has 0 aliphatic heterocycles. The van der Waals surface area contributed by atoms with Gasteiger partial charge < -0.3 is 9.47 Å². The molecule has 0 saturated carbocycles. The Morgan fingerprint density at radius 3 is 1.02 bits per heavy atom. The molecule has 1 spiro atoms. The quantitative estimate of drug-likeness (QED) is 0.318. The van der Waals surface area contributed by atoms with E-state index in [4.69, 9.17) is 32.7 Å². The summed E-state index contributed by atoms with van der Waals surface area (Å²) in [6, 6.07) is 11.6. The van der Waals surface area contributed by atoms with Crippen LogP contribution in [0.3, 0.4) is 0 Å². The maximum Gasteiger partial charge on any atom is 0.409 e. The number of carbonyl (C=O) groups is 2. The smallest absolute Gasteiger partial charge is 0.409 e. The molecular weight excluding hydrogens is 555 g/mol. The number of ether oxygens (including phenoxy) is 2. The van der Waals surface area contributed by atoms with Gasteiger partial charge in [-0.1, -0.05) is 123 Å². The van der Waals surface area contributed by atoms with Crippen molar-refractivity contribution in [3.8, 4) is 11.5 Å². The van der Waals surface area contributed by atoms with Crippen molar-refractivity contribution in [3.63, 3.8) is 0 Å². The summed E-state index contributed by atoms with van der Waals surface area (Å²) in [6.45, 7) is 34.2. The highest BCUT2D eigenvalue weighted by atomic mass is 35.5. The Bertz CT molecular complexity index is 1100. The predicted molar refractivity (Wildman–Crippen MR) is 176 cm³/mol. The Labute approximate surface area is 260 Å². The molecule has 0 fully saturated rings. The van der Waals surface area contributed by atoms with Gasteiger partial charge in [0, 0.05) is 28.6 Å². The van der Waals surface area contributed by atoms with Crippen molar-refractivity contribution in [2.45, 2.75) is 127 Å². The summed E-state index contributed by atoms with van der Waals surface area (Å²) in [5, 5.41) is 0. The monoisotopic (exact) mass is 608 g/mol. The lowest BCUT2D eigenvalue weighted by molar-refractivity contribution is 0.00830. The van der Waals surface area contributed by atoms with Crippen LogP contribution in [0.5, 0.6) is 11.5 Å². The molecule has 41 heavy (non-hydrogen) atoms. The number of rotatable bonds is 2. The summed E-state index contributed by atoms with van der Waals surface area (Å²) < 4.78 is 10.6. The largest absolute Gasteiger partial charge is 0.414 e. The Kier molecular flexibility index (Phi) is 13.7. The van der Waals surface area contributed by atoms with Crippen molar-refractivity contribution in [2.75, 3.05) is 0 Å². The van der Waals surface area contributed by atoms with Gasteiger partial charge in [0.25, 0.3) is 0 Å². The highest BCUT2D eigenvalue weighted by Crippen LogP contribution is 2.77. The van der Waals surface area contributed by atoms with Gasteiger partial charge in [0.05, 0.1) is 0 Å². The minimum atomic E-state index is -0.872. The van der Waals surface area contributed by atoms with E-state index in [9.17, 15) is 9.59 Å². The van der Waals surface area contributed by atoms with E-state index in [1.165, 1.54) is 11.1 Å². The second kappa shape index (κ2) is 14.4. The van der Waals surface area contributed by atoms with Crippen molar-refractivity contribution < 1.29 is 19.1 Å². The average molecular weight is 610 g/mol. The summed E-state index contributed by atoms with van der Waals surface area (Å²) >= 11 is 11.1. The van der Waals surface area contributed by atoms with Gasteiger partial charge >= 0.3 is 10.9 Å². The first-order valence-corrected chi connectivity index (χ1v) is 15.8. The SMILES string of the molecule is CC.CC.CC.CC.CC1(C)c2ccc(OC(=O)Cl)cc2C2(c3cc(OC(=O)Cl)ccc3C(C)(C)C2(C)C)C1(C)C. The van der Waals surface area contributed by atoms with Gasteiger partial charge in [-0.25, -0.2) is 9.59 Å². The third kappa shape index (κ3) is 5.80. The van der Waals surface area contributed by atoms with Crippen LogP contribution in [0, 0.1) is 10.8 Å². The van der Waals surface area contributed by atoms with E-state index in [0.29, 0.717) is 11.5 Å². The van der Waals surface area contributed by atoms with E-state index in [1.807, 2.05) is 79.7 Å². The standard InChI is InChI=1S/C27H30Cl2O4.4C2H6/c1-23(2)17-11-9-15(32-21(28)30)13-19(17)27(25(23,5)6)20-14-16(33-22(29)31)10-12-18(20)24(3,4)26(27,7)8;4*1-2/h9-14H,1-8H3;4*1-2H3. The van der Waals surface area contributed by atoms with Crippen LogP contribution in [-0.2, 0) is 16.2 Å². The highest BCUT2D eigenvalue weighted by molar-refractivity contribution is 6.61. The van der Waals surface area contributed by atoms with E-state index >= 15 is 0 Å². The molecule has 0 atom stereocenters. The molecule has 0 saturated heterocycles. The predicted octanol–water partition coefficient (Wildman–Crippen LogP) is 12.2. The Morgan fingerprint density at radius 1 is 0.512 bits per heavy atom. The van der Waals surface area contributed by atoms with Crippen LogP contribution in [0.2, 0.25) is 0 Å². The van der Waals surface area contributed by atoms with E-state index in [-0.39, 0.29) is 21.7 Å². The summed E-state index contributed by atoms with van der Waals surface area (Å²) in [7, 11) is 0. The maximum atomic E-state index is 11.5. The Hall–Kier alpha value is -2.04. The van der Waals surface area contributed by atoms with Gasteiger partial charge in [0.2, 0.25) is 0 Å². The minimum absolute atomic E-state index is 0.222. The molecule has 2 aliphatic carbocycles. The van der Waals surface area contributed by atoms with Crippen LogP contribution in [0.15, 0.2) is 36.4 Å². The van der Waals surface area contributed by atoms with Gasteiger partial charge in [-0.15, -0.1) is 0 Å². The number of hydrogen-bond donors (Lipinski definition) is 0. The van der Waals surface area contributed by atoms with Crippen molar-refractivity contribution >= 4 is 34.1 Å². The summed E-state index contributed by atoms with van der Waals surface area (Å²) in [5.74, 6) is 0.819. The molecule has 0 N–H and O–H groups in total. The molecule has 0 amide bonds. The molecule has 0 aromatic heterocycles. The lowest BCUT2D eigenvalue weighted by Crippen LogP contribution is -2.56. The Balaban J connectivity index is 0.00000184. The fourth-order valence-electron chi connectivity index (χ4n) is 6.95. The van der Waals surface area contributed by atoms with E-state index in [2.05, 4.69) is 55.4 Å². The minimum Gasteiger partial charge on any atom is -0.414 e. The van der Waals surface area contributed by atoms with E-state index in [0.717, 1.165) is 11.1 Å².